The van der Waals surface area contributed by atoms with Crippen molar-refractivity contribution in [2.45, 2.75) is 32.5 Å². The molecule has 1 fully saturated rings. The van der Waals surface area contributed by atoms with Crippen molar-refractivity contribution in [3.63, 3.8) is 0 Å². The summed E-state index contributed by atoms with van der Waals surface area (Å²) in [5, 5.41) is 0. The van der Waals surface area contributed by atoms with Gasteiger partial charge in [0.2, 0.25) is 5.91 Å². The summed E-state index contributed by atoms with van der Waals surface area (Å²) in [4.78, 5) is 13.7. The largest absolute Gasteiger partial charge is 0.496 e. The predicted molar refractivity (Wildman–Crippen MR) is 76.5 cm³/mol. The van der Waals surface area contributed by atoms with Gasteiger partial charge in [0.15, 0.2) is 0 Å². The Labute approximate surface area is 119 Å². The highest BCUT2D eigenvalue weighted by Gasteiger charge is 2.33. The molecular weight excluding hydrogens is 256 g/mol. The average Bonchev–Trinajstić information content (AvgIpc) is 2.40. The van der Waals surface area contributed by atoms with Gasteiger partial charge in [-0.05, 0) is 31.0 Å². The van der Waals surface area contributed by atoms with Gasteiger partial charge in [0, 0.05) is 13.1 Å². The zero-order valence-electron chi connectivity index (χ0n) is 12.3. The van der Waals surface area contributed by atoms with Crippen molar-refractivity contribution >= 4 is 5.91 Å². The molecule has 0 aromatic heterocycles. The number of amides is 1. The van der Waals surface area contributed by atoms with Gasteiger partial charge in [-0.15, -0.1) is 0 Å². The molecule has 0 radical (unpaired) electrons. The number of ether oxygens (including phenoxy) is 2. The lowest BCUT2D eigenvalue weighted by atomic mass is 10.1. The molecule has 5 heteroatoms. The second-order valence-electron chi connectivity index (χ2n) is 5.20. The minimum absolute atomic E-state index is 0.173. The fourth-order valence-electron chi connectivity index (χ4n) is 2.67. The highest BCUT2D eigenvalue weighted by molar-refractivity contribution is 5.80. The molecule has 2 rings (SSSR count). The normalized spacial score (nSPS) is 23.6. The van der Waals surface area contributed by atoms with Gasteiger partial charge in [-0.3, -0.25) is 9.69 Å². The number of aryl methyl sites for hydroxylation is 1. The molecule has 0 spiro atoms. The summed E-state index contributed by atoms with van der Waals surface area (Å²) in [6, 6.07) is 5.71. The monoisotopic (exact) mass is 278 g/mol. The fourth-order valence-corrected chi connectivity index (χ4v) is 2.67. The third kappa shape index (κ3) is 3.11. The number of nitrogens with zero attached hydrogens (tertiary/aromatic N) is 1. The lowest BCUT2D eigenvalue weighted by Crippen LogP contribution is -2.56. The summed E-state index contributed by atoms with van der Waals surface area (Å²) in [6.07, 6.45) is -0.173. The Morgan fingerprint density at radius 1 is 1.55 bits per heavy atom. The van der Waals surface area contributed by atoms with Crippen LogP contribution in [-0.4, -0.2) is 43.2 Å². The van der Waals surface area contributed by atoms with E-state index in [1.807, 2.05) is 26.0 Å². The summed E-state index contributed by atoms with van der Waals surface area (Å²) >= 11 is 0. The van der Waals surface area contributed by atoms with Crippen molar-refractivity contribution in [1.82, 2.24) is 4.90 Å². The first-order valence-corrected chi connectivity index (χ1v) is 6.81. The van der Waals surface area contributed by atoms with Crippen LogP contribution in [0.2, 0.25) is 0 Å². The van der Waals surface area contributed by atoms with Gasteiger partial charge in [0.05, 0.1) is 19.8 Å². The van der Waals surface area contributed by atoms with E-state index < -0.39 is 0 Å². The summed E-state index contributed by atoms with van der Waals surface area (Å²) in [6.45, 7) is 5.88. The van der Waals surface area contributed by atoms with Crippen molar-refractivity contribution in [2.75, 3.05) is 20.3 Å². The summed E-state index contributed by atoms with van der Waals surface area (Å²) in [5.41, 5.74) is 7.70. The maximum Gasteiger partial charge on any atom is 0.237 e. The number of hydrogen-bond donors (Lipinski definition) is 1. The van der Waals surface area contributed by atoms with Crippen LogP contribution in [0.3, 0.4) is 0 Å². The summed E-state index contributed by atoms with van der Waals surface area (Å²) in [7, 11) is 1.66. The molecule has 110 valence electrons. The van der Waals surface area contributed by atoms with Crippen LogP contribution in [0.15, 0.2) is 18.2 Å². The molecule has 20 heavy (non-hydrogen) atoms. The Morgan fingerprint density at radius 3 is 2.95 bits per heavy atom. The second-order valence-corrected chi connectivity index (χ2v) is 5.20. The summed E-state index contributed by atoms with van der Waals surface area (Å²) in [5.74, 6) is 0.524. The van der Waals surface area contributed by atoms with Crippen LogP contribution in [0.5, 0.6) is 5.75 Å². The highest BCUT2D eigenvalue weighted by atomic mass is 16.5. The van der Waals surface area contributed by atoms with Crippen molar-refractivity contribution in [2.24, 2.45) is 5.73 Å². The van der Waals surface area contributed by atoms with Crippen LogP contribution >= 0.6 is 0 Å². The number of carbonyl (C=O) groups is 1. The zero-order valence-corrected chi connectivity index (χ0v) is 12.3. The van der Waals surface area contributed by atoms with Crippen LogP contribution in [0.4, 0.5) is 0 Å². The number of primary amides is 1. The van der Waals surface area contributed by atoms with E-state index in [1.54, 1.807) is 7.11 Å². The maximum absolute atomic E-state index is 11.6. The lowest BCUT2D eigenvalue weighted by Gasteiger charge is -2.37. The van der Waals surface area contributed by atoms with Crippen LogP contribution in [0.25, 0.3) is 0 Å². The smallest absolute Gasteiger partial charge is 0.237 e. The van der Waals surface area contributed by atoms with Gasteiger partial charge in [0.25, 0.3) is 0 Å². The quantitative estimate of drug-likeness (QED) is 0.895. The molecule has 0 aliphatic carbocycles. The number of carbonyl (C=O) groups excluding carboxylic acids is 1. The third-order valence-electron chi connectivity index (χ3n) is 3.75. The van der Waals surface area contributed by atoms with Crippen LogP contribution in [-0.2, 0) is 16.1 Å². The topological polar surface area (TPSA) is 64.8 Å². The van der Waals surface area contributed by atoms with E-state index >= 15 is 0 Å². The molecule has 1 aromatic carbocycles. The molecule has 1 aliphatic heterocycles. The number of benzene rings is 1. The molecule has 1 amide bonds. The van der Waals surface area contributed by atoms with E-state index in [-0.39, 0.29) is 18.1 Å². The molecule has 1 heterocycles. The first-order chi connectivity index (χ1) is 9.52. The van der Waals surface area contributed by atoms with Crippen molar-refractivity contribution in [3.05, 3.63) is 29.3 Å². The number of morpholine rings is 1. The molecule has 1 aromatic rings. The van der Waals surface area contributed by atoms with Crippen molar-refractivity contribution in [3.8, 4) is 5.75 Å². The minimum atomic E-state index is -0.379. The molecule has 0 unspecified atom stereocenters. The highest BCUT2D eigenvalue weighted by Crippen LogP contribution is 2.22. The van der Waals surface area contributed by atoms with E-state index in [0.29, 0.717) is 19.7 Å². The van der Waals surface area contributed by atoms with Crippen LogP contribution in [0.1, 0.15) is 18.1 Å². The van der Waals surface area contributed by atoms with Crippen molar-refractivity contribution in [1.29, 1.82) is 0 Å². The van der Waals surface area contributed by atoms with Gasteiger partial charge in [-0.1, -0.05) is 12.1 Å². The third-order valence-corrected chi connectivity index (χ3v) is 3.75. The van der Waals surface area contributed by atoms with Gasteiger partial charge < -0.3 is 15.2 Å². The van der Waals surface area contributed by atoms with Crippen LogP contribution in [0, 0.1) is 6.92 Å². The van der Waals surface area contributed by atoms with Gasteiger partial charge in [-0.25, -0.2) is 0 Å². The maximum atomic E-state index is 11.6. The molecule has 1 aliphatic rings. The van der Waals surface area contributed by atoms with Crippen molar-refractivity contribution < 1.29 is 14.3 Å². The lowest BCUT2D eigenvalue weighted by molar-refractivity contribution is -0.136. The van der Waals surface area contributed by atoms with Gasteiger partial charge in [0.1, 0.15) is 11.8 Å². The zero-order chi connectivity index (χ0) is 14.7. The number of rotatable bonds is 4. The number of nitrogens with two attached hydrogens (primary N) is 1. The average molecular weight is 278 g/mol. The summed E-state index contributed by atoms with van der Waals surface area (Å²) < 4.78 is 10.9. The molecule has 2 N–H and O–H groups in total. The fraction of sp³-hybridized carbons (Fsp3) is 0.533. The predicted octanol–water partition coefficient (Wildman–Crippen LogP) is 1.08. The molecule has 1 saturated heterocycles. The Kier molecular flexibility index (Phi) is 4.62. The molecular formula is C15H22N2O3. The van der Waals surface area contributed by atoms with E-state index in [9.17, 15) is 4.79 Å². The standard InChI is InChI=1S/C15H22N2O3/c1-10-4-5-12(8-13(10)19-3)9-17-6-7-20-11(2)14(17)15(16)18/h4-5,8,11,14H,6-7,9H2,1-3H3,(H2,16,18)/t11-,14+/m1/s1. The Hall–Kier alpha value is -1.59. The Bertz CT molecular complexity index is 490. The van der Waals surface area contributed by atoms with Crippen LogP contribution < -0.4 is 10.5 Å². The van der Waals surface area contributed by atoms with E-state index in [0.717, 1.165) is 16.9 Å². The first kappa shape index (κ1) is 14.8. The van der Waals surface area contributed by atoms with E-state index in [2.05, 4.69) is 11.0 Å². The Balaban J connectivity index is 2.17. The van der Waals surface area contributed by atoms with Gasteiger partial charge in [-0.2, -0.15) is 0 Å². The molecule has 0 saturated carbocycles. The number of hydrogen-bond acceptors (Lipinski definition) is 4. The SMILES string of the molecule is COc1cc(CN2CCO[C@H](C)[C@H]2C(N)=O)ccc1C. The van der Waals surface area contributed by atoms with E-state index in [4.69, 9.17) is 15.2 Å². The van der Waals surface area contributed by atoms with Gasteiger partial charge >= 0.3 is 0 Å². The minimum Gasteiger partial charge on any atom is -0.496 e. The Morgan fingerprint density at radius 2 is 2.30 bits per heavy atom. The molecule has 0 bridgehead atoms. The molecule has 2 atom stereocenters. The number of methoxy groups -OCH3 is 1. The van der Waals surface area contributed by atoms with E-state index in [1.165, 1.54) is 0 Å². The first-order valence-electron chi connectivity index (χ1n) is 6.81. The second kappa shape index (κ2) is 6.24. The molecule has 5 nitrogen and oxygen atoms in total.